The Morgan fingerprint density at radius 3 is 2.73 bits per heavy atom. The maximum absolute atomic E-state index is 3.83. The van der Waals surface area contributed by atoms with Crippen LogP contribution >= 0.6 is 0 Å². The Bertz CT molecular complexity index is 477. The van der Waals surface area contributed by atoms with Gasteiger partial charge in [-0.25, -0.2) is 0 Å². The van der Waals surface area contributed by atoms with Crippen LogP contribution in [0.25, 0.3) is 0 Å². The third-order valence-corrected chi connectivity index (χ3v) is 5.81. The molecule has 1 saturated heterocycles. The van der Waals surface area contributed by atoms with Crippen LogP contribution in [0.4, 0.5) is 0 Å². The van der Waals surface area contributed by atoms with Gasteiger partial charge < -0.3 is 16.0 Å². The van der Waals surface area contributed by atoms with Crippen molar-refractivity contribution in [2.45, 2.75) is 37.6 Å². The van der Waals surface area contributed by atoms with Gasteiger partial charge in [0.1, 0.15) is 0 Å². The van der Waals surface area contributed by atoms with Gasteiger partial charge in [-0.2, -0.15) is 0 Å². The smallest absolute Gasteiger partial charge is 0.0143 e. The molecule has 1 aromatic rings. The van der Waals surface area contributed by atoms with Crippen molar-refractivity contribution in [3.05, 3.63) is 35.9 Å². The van der Waals surface area contributed by atoms with E-state index < -0.39 is 0 Å². The third-order valence-electron chi connectivity index (χ3n) is 5.81. The molecule has 4 rings (SSSR count). The second kappa shape index (κ2) is 6.31. The number of nitrogens with one attached hydrogen (secondary N) is 3. The predicted molar refractivity (Wildman–Crippen MR) is 91.1 cm³/mol. The van der Waals surface area contributed by atoms with Gasteiger partial charge in [0, 0.05) is 25.0 Å². The number of hydrogen-bond donors (Lipinski definition) is 3. The van der Waals surface area contributed by atoms with E-state index in [4.69, 9.17) is 0 Å². The van der Waals surface area contributed by atoms with Crippen LogP contribution in [0.1, 0.15) is 37.2 Å². The molecule has 1 unspecified atom stereocenters. The molecule has 3 aliphatic rings. The molecule has 0 spiro atoms. The zero-order chi connectivity index (χ0) is 14.8. The topological polar surface area (TPSA) is 36.1 Å². The molecule has 120 valence electrons. The summed E-state index contributed by atoms with van der Waals surface area (Å²) in [5, 5.41) is 11.0. The summed E-state index contributed by atoms with van der Waals surface area (Å²) in [7, 11) is 0. The predicted octanol–water partition coefficient (Wildman–Crippen LogP) is 2.11. The molecule has 0 aromatic heterocycles. The maximum Gasteiger partial charge on any atom is 0.0143 e. The second-order valence-corrected chi connectivity index (χ2v) is 7.73. The maximum atomic E-state index is 3.83. The highest BCUT2D eigenvalue weighted by Gasteiger charge is 2.45. The molecule has 3 heteroatoms. The van der Waals surface area contributed by atoms with E-state index in [2.05, 4.69) is 46.3 Å². The number of hydrogen-bond acceptors (Lipinski definition) is 3. The Morgan fingerprint density at radius 2 is 2.00 bits per heavy atom. The van der Waals surface area contributed by atoms with Gasteiger partial charge in [-0.15, -0.1) is 0 Å². The molecule has 2 saturated carbocycles. The fourth-order valence-corrected chi connectivity index (χ4v) is 3.86. The molecule has 3 fully saturated rings. The lowest BCUT2D eigenvalue weighted by Gasteiger charge is -2.18. The Labute approximate surface area is 134 Å². The Hall–Kier alpha value is -0.900. The summed E-state index contributed by atoms with van der Waals surface area (Å²) in [6.45, 7) is 6.03. The fraction of sp³-hybridized carbons (Fsp3) is 0.684. The van der Waals surface area contributed by atoms with Crippen LogP contribution in [0.15, 0.2) is 30.3 Å². The van der Waals surface area contributed by atoms with Gasteiger partial charge in [-0.3, -0.25) is 0 Å². The van der Waals surface area contributed by atoms with Crippen LogP contribution in [0.2, 0.25) is 0 Å². The molecule has 2 aliphatic carbocycles. The van der Waals surface area contributed by atoms with Crippen LogP contribution in [0.3, 0.4) is 0 Å². The van der Waals surface area contributed by atoms with Crippen LogP contribution in [-0.2, 0) is 0 Å². The Morgan fingerprint density at radius 1 is 1.14 bits per heavy atom. The average Bonchev–Trinajstić information content (AvgIpc) is 3.45. The van der Waals surface area contributed by atoms with Crippen molar-refractivity contribution >= 4 is 0 Å². The van der Waals surface area contributed by atoms with E-state index >= 15 is 0 Å². The summed E-state index contributed by atoms with van der Waals surface area (Å²) in [4.78, 5) is 0. The minimum absolute atomic E-state index is 0.565. The summed E-state index contributed by atoms with van der Waals surface area (Å²) in [5.74, 6) is 1.61. The van der Waals surface area contributed by atoms with Crippen molar-refractivity contribution in [3.63, 3.8) is 0 Å². The molecule has 0 radical (unpaired) electrons. The molecule has 3 atom stereocenters. The molecule has 1 aromatic carbocycles. The van der Waals surface area contributed by atoms with Gasteiger partial charge in [-0.1, -0.05) is 30.3 Å². The van der Waals surface area contributed by atoms with Gasteiger partial charge in [0.05, 0.1) is 0 Å². The normalized spacial score (nSPS) is 32.1. The summed E-state index contributed by atoms with van der Waals surface area (Å²) < 4.78 is 0. The lowest BCUT2D eigenvalue weighted by Crippen LogP contribution is -2.36. The zero-order valence-corrected chi connectivity index (χ0v) is 13.5. The minimum Gasteiger partial charge on any atom is -0.316 e. The Kier molecular flexibility index (Phi) is 4.21. The third kappa shape index (κ3) is 3.53. The fourth-order valence-electron chi connectivity index (χ4n) is 3.86. The summed E-state index contributed by atoms with van der Waals surface area (Å²) in [6, 6.07) is 11.7. The number of benzene rings is 1. The molecule has 1 aliphatic heterocycles. The largest absolute Gasteiger partial charge is 0.316 e. The van der Waals surface area contributed by atoms with E-state index in [1.165, 1.54) is 64.0 Å². The highest BCUT2D eigenvalue weighted by molar-refractivity contribution is 5.27. The second-order valence-electron chi connectivity index (χ2n) is 7.73. The SMILES string of the molecule is c1ccc([C@H]2C[C@@H]2NCC2(CNCC3CCNC3)CC2)cc1. The van der Waals surface area contributed by atoms with Crippen LogP contribution < -0.4 is 16.0 Å². The minimum atomic E-state index is 0.565. The van der Waals surface area contributed by atoms with Crippen molar-refractivity contribution in [2.24, 2.45) is 11.3 Å². The summed E-state index contributed by atoms with van der Waals surface area (Å²) in [5.41, 5.74) is 2.08. The monoisotopic (exact) mass is 299 g/mol. The molecular formula is C19H29N3. The molecule has 3 N–H and O–H groups in total. The van der Waals surface area contributed by atoms with Gasteiger partial charge in [-0.05, 0) is 62.2 Å². The van der Waals surface area contributed by atoms with Gasteiger partial charge >= 0.3 is 0 Å². The van der Waals surface area contributed by atoms with Gasteiger partial charge in [0.2, 0.25) is 0 Å². The molecule has 1 heterocycles. The van der Waals surface area contributed by atoms with Crippen molar-refractivity contribution in [1.82, 2.24) is 16.0 Å². The average molecular weight is 299 g/mol. The van der Waals surface area contributed by atoms with Crippen LogP contribution in [-0.4, -0.2) is 38.8 Å². The summed E-state index contributed by atoms with van der Waals surface area (Å²) >= 11 is 0. The van der Waals surface area contributed by atoms with E-state index in [-0.39, 0.29) is 0 Å². The molecule has 22 heavy (non-hydrogen) atoms. The van der Waals surface area contributed by atoms with Crippen molar-refractivity contribution < 1.29 is 0 Å². The van der Waals surface area contributed by atoms with Crippen LogP contribution in [0.5, 0.6) is 0 Å². The highest BCUT2D eigenvalue weighted by Crippen LogP contribution is 2.46. The van der Waals surface area contributed by atoms with E-state index in [0.29, 0.717) is 5.41 Å². The van der Waals surface area contributed by atoms with Crippen molar-refractivity contribution in [1.29, 1.82) is 0 Å². The van der Waals surface area contributed by atoms with Crippen molar-refractivity contribution in [3.8, 4) is 0 Å². The molecule has 0 bridgehead atoms. The molecule has 3 nitrogen and oxygen atoms in total. The first-order valence-electron chi connectivity index (χ1n) is 9.04. The first-order chi connectivity index (χ1) is 10.8. The van der Waals surface area contributed by atoms with E-state index in [1.54, 1.807) is 0 Å². The zero-order valence-electron chi connectivity index (χ0n) is 13.5. The molecular weight excluding hydrogens is 270 g/mol. The van der Waals surface area contributed by atoms with Crippen LogP contribution in [0, 0.1) is 11.3 Å². The first-order valence-corrected chi connectivity index (χ1v) is 9.04. The highest BCUT2D eigenvalue weighted by atomic mass is 15.0. The molecule has 0 amide bonds. The summed E-state index contributed by atoms with van der Waals surface area (Å²) in [6.07, 6.45) is 5.47. The standard InChI is InChI=1S/C19H29N3/c1-2-4-16(5-3-1)17-10-18(17)22-14-19(7-8-19)13-21-12-15-6-9-20-11-15/h1-5,15,17-18,20-22H,6-14H2/t15?,17-,18+/m1/s1. The van der Waals surface area contributed by atoms with Crippen molar-refractivity contribution in [2.75, 3.05) is 32.7 Å². The number of rotatable bonds is 8. The van der Waals surface area contributed by atoms with Gasteiger partial charge in [0.25, 0.3) is 0 Å². The van der Waals surface area contributed by atoms with E-state index in [9.17, 15) is 0 Å². The first kappa shape index (κ1) is 14.7. The lowest BCUT2D eigenvalue weighted by molar-refractivity contribution is 0.399. The van der Waals surface area contributed by atoms with E-state index in [0.717, 1.165) is 17.9 Å². The lowest BCUT2D eigenvalue weighted by atomic mass is 10.1. The van der Waals surface area contributed by atoms with Gasteiger partial charge in [0.15, 0.2) is 0 Å². The Balaban J connectivity index is 1.16. The van der Waals surface area contributed by atoms with E-state index in [1.807, 2.05) is 0 Å². The quantitative estimate of drug-likeness (QED) is 0.688.